The summed E-state index contributed by atoms with van der Waals surface area (Å²) in [4.78, 5) is 10.6. The Kier molecular flexibility index (Phi) is 1.65. The fraction of sp³-hybridized carbons (Fsp3) is 0.750. The van der Waals surface area contributed by atoms with Crippen molar-refractivity contribution in [2.45, 2.75) is 10.6 Å². The number of carbonyl (C=O) groups is 1. The first-order valence-electron chi connectivity index (χ1n) is 2.42. The van der Waals surface area contributed by atoms with Crippen molar-refractivity contribution in [3.8, 4) is 0 Å². The van der Waals surface area contributed by atoms with Crippen LogP contribution >= 0.6 is 15.9 Å². The third-order valence-corrected chi connectivity index (χ3v) is 5.09. The maximum absolute atomic E-state index is 10.7. The summed E-state index contributed by atoms with van der Waals surface area (Å²) in [6.45, 7) is 0. The molecule has 0 unspecified atom stereocenters. The van der Waals surface area contributed by atoms with Gasteiger partial charge in [-0.25, -0.2) is 8.42 Å². The molecule has 5 heteroatoms. The Labute approximate surface area is 61.5 Å². The van der Waals surface area contributed by atoms with Crippen LogP contribution < -0.4 is 0 Å². The highest BCUT2D eigenvalue weighted by molar-refractivity contribution is 9.11. The summed E-state index contributed by atoms with van der Waals surface area (Å²) < 4.78 is 20.5. The van der Waals surface area contributed by atoms with E-state index in [0.29, 0.717) is 0 Å². The molecular weight excluding hydrogens is 208 g/mol. The Hall–Kier alpha value is 0.1000. The SMILES string of the molecule is O=C1CCS(=O)(=O)[C@H]1Br. The molecule has 0 aromatic carbocycles. The largest absolute Gasteiger partial charge is 0.297 e. The highest BCUT2D eigenvalue weighted by atomic mass is 79.9. The van der Waals surface area contributed by atoms with Crippen molar-refractivity contribution in [3.63, 3.8) is 0 Å². The Bertz CT molecular complexity index is 230. The van der Waals surface area contributed by atoms with E-state index in [-0.39, 0.29) is 18.0 Å². The second-order valence-electron chi connectivity index (χ2n) is 1.90. The van der Waals surface area contributed by atoms with Gasteiger partial charge in [-0.2, -0.15) is 0 Å². The molecule has 1 aliphatic heterocycles. The fourth-order valence-corrected chi connectivity index (χ4v) is 2.66. The summed E-state index contributed by atoms with van der Waals surface area (Å²) in [6, 6.07) is 0. The maximum atomic E-state index is 10.7. The molecule has 0 bridgehead atoms. The molecule has 0 N–H and O–H groups in total. The van der Waals surface area contributed by atoms with Gasteiger partial charge in [-0.15, -0.1) is 0 Å². The quantitative estimate of drug-likeness (QED) is 0.536. The van der Waals surface area contributed by atoms with E-state index in [1.165, 1.54) is 0 Å². The zero-order valence-corrected chi connectivity index (χ0v) is 6.91. The van der Waals surface area contributed by atoms with Crippen LogP contribution in [0.3, 0.4) is 0 Å². The summed E-state index contributed by atoms with van der Waals surface area (Å²) in [5.41, 5.74) is 0. The second-order valence-corrected chi connectivity index (χ2v) is 5.63. The van der Waals surface area contributed by atoms with Crippen molar-refractivity contribution in [3.05, 3.63) is 0 Å². The molecule has 52 valence electrons. The monoisotopic (exact) mass is 212 g/mol. The standard InChI is InChI=1S/C4H5BrO3S/c5-4-3(6)1-2-9(4,7)8/h4H,1-2H2/t4-/m1/s1. The lowest BCUT2D eigenvalue weighted by Gasteiger charge is -1.92. The Balaban J connectivity index is 3.00. The molecule has 0 saturated carbocycles. The minimum Gasteiger partial charge on any atom is -0.297 e. The van der Waals surface area contributed by atoms with E-state index in [2.05, 4.69) is 15.9 Å². The topological polar surface area (TPSA) is 51.2 Å². The summed E-state index contributed by atoms with van der Waals surface area (Å²) in [6.07, 6.45) is 0.165. The number of alkyl halides is 1. The first-order chi connectivity index (χ1) is 4.04. The predicted molar refractivity (Wildman–Crippen MR) is 36.1 cm³/mol. The number of rotatable bonds is 0. The van der Waals surface area contributed by atoms with Gasteiger partial charge in [0.1, 0.15) is 0 Å². The number of hydrogen-bond donors (Lipinski definition) is 0. The lowest BCUT2D eigenvalue weighted by molar-refractivity contribution is -0.116. The number of sulfone groups is 1. The Morgan fingerprint density at radius 3 is 2.22 bits per heavy atom. The van der Waals surface area contributed by atoms with E-state index in [4.69, 9.17) is 0 Å². The Morgan fingerprint density at radius 1 is 1.56 bits per heavy atom. The van der Waals surface area contributed by atoms with Gasteiger partial charge < -0.3 is 0 Å². The van der Waals surface area contributed by atoms with Crippen LogP contribution in [0.1, 0.15) is 6.42 Å². The molecule has 0 radical (unpaired) electrons. The van der Waals surface area contributed by atoms with Crippen LogP contribution in [-0.2, 0) is 14.6 Å². The number of Topliss-reactive ketones (excluding diaryl/α,β-unsaturated/α-hetero) is 1. The van der Waals surface area contributed by atoms with Gasteiger partial charge in [0.05, 0.1) is 5.75 Å². The minimum atomic E-state index is -3.11. The van der Waals surface area contributed by atoms with Crippen molar-refractivity contribution in [2.75, 3.05) is 5.75 Å². The zero-order chi connectivity index (χ0) is 7.07. The number of ketones is 1. The van der Waals surface area contributed by atoms with Gasteiger partial charge in [-0.3, -0.25) is 4.79 Å². The summed E-state index contributed by atoms with van der Waals surface area (Å²) in [5.74, 6) is -0.225. The van der Waals surface area contributed by atoms with E-state index in [1.54, 1.807) is 0 Å². The van der Waals surface area contributed by atoms with Gasteiger partial charge in [0.15, 0.2) is 19.8 Å². The lowest BCUT2D eigenvalue weighted by atomic mass is 10.4. The smallest absolute Gasteiger partial charge is 0.174 e. The number of carbonyl (C=O) groups excluding carboxylic acids is 1. The molecule has 1 saturated heterocycles. The highest BCUT2D eigenvalue weighted by Gasteiger charge is 2.36. The molecule has 0 aromatic heterocycles. The van der Waals surface area contributed by atoms with E-state index in [1.807, 2.05) is 0 Å². The molecule has 1 aliphatic rings. The van der Waals surface area contributed by atoms with Crippen LogP contribution in [0.15, 0.2) is 0 Å². The third kappa shape index (κ3) is 1.16. The zero-order valence-electron chi connectivity index (χ0n) is 4.50. The van der Waals surface area contributed by atoms with Crippen molar-refractivity contribution in [1.29, 1.82) is 0 Å². The summed E-state index contributed by atoms with van der Waals surface area (Å²) >= 11 is 2.79. The molecule has 1 heterocycles. The van der Waals surface area contributed by atoms with Crippen LogP contribution in [0.2, 0.25) is 0 Å². The van der Waals surface area contributed by atoms with Crippen molar-refractivity contribution >= 4 is 31.6 Å². The van der Waals surface area contributed by atoms with Gasteiger partial charge >= 0.3 is 0 Å². The summed E-state index contributed by atoms with van der Waals surface area (Å²) in [7, 11) is -3.11. The van der Waals surface area contributed by atoms with Gasteiger partial charge in [0.2, 0.25) is 0 Å². The Morgan fingerprint density at radius 2 is 2.11 bits per heavy atom. The van der Waals surface area contributed by atoms with Crippen LogP contribution in [0.25, 0.3) is 0 Å². The van der Waals surface area contributed by atoms with E-state index >= 15 is 0 Å². The van der Waals surface area contributed by atoms with E-state index in [0.717, 1.165) is 0 Å². The molecule has 1 atom stereocenters. The number of halogens is 1. The molecule has 0 aromatic rings. The predicted octanol–water partition coefficient (Wildman–Crippen LogP) is 0.0950. The van der Waals surface area contributed by atoms with Crippen molar-refractivity contribution in [2.24, 2.45) is 0 Å². The molecule has 1 fully saturated rings. The van der Waals surface area contributed by atoms with Crippen LogP contribution in [0, 0.1) is 0 Å². The molecular formula is C4H5BrO3S. The molecule has 1 rings (SSSR count). The fourth-order valence-electron chi connectivity index (χ4n) is 0.660. The van der Waals surface area contributed by atoms with Gasteiger partial charge in [0.25, 0.3) is 0 Å². The maximum Gasteiger partial charge on any atom is 0.174 e. The molecule has 0 aliphatic carbocycles. The van der Waals surface area contributed by atoms with Crippen LogP contribution in [-0.4, -0.2) is 24.1 Å². The van der Waals surface area contributed by atoms with Gasteiger partial charge in [0, 0.05) is 6.42 Å². The third-order valence-electron chi connectivity index (χ3n) is 1.20. The van der Waals surface area contributed by atoms with Gasteiger partial charge in [-0.1, -0.05) is 15.9 Å². The first-order valence-corrected chi connectivity index (χ1v) is 5.05. The first kappa shape index (κ1) is 7.21. The average molecular weight is 213 g/mol. The summed E-state index contributed by atoms with van der Waals surface area (Å²) in [5, 5.41) is 0. The molecule has 0 amide bonds. The van der Waals surface area contributed by atoms with Crippen molar-refractivity contribution < 1.29 is 13.2 Å². The highest BCUT2D eigenvalue weighted by Crippen LogP contribution is 2.21. The van der Waals surface area contributed by atoms with Crippen LogP contribution in [0.4, 0.5) is 0 Å². The average Bonchev–Trinajstić information content (AvgIpc) is 1.97. The normalized spacial score (nSPS) is 33.0. The molecule has 3 nitrogen and oxygen atoms in total. The number of hydrogen-bond acceptors (Lipinski definition) is 3. The van der Waals surface area contributed by atoms with Gasteiger partial charge in [-0.05, 0) is 0 Å². The molecule has 0 spiro atoms. The van der Waals surface area contributed by atoms with E-state index < -0.39 is 14.0 Å². The van der Waals surface area contributed by atoms with E-state index in [9.17, 15) is 13.2 Å². The second kappa shape index (κ2) is 2.05. The van der Waals surface area contributed by atoms with Crippen molar-refractivity contribution in [1.82, 2.24) is 0 Å². The van der Waals surface area contributed by atoms with Crippen LogP contribution in [0.5, 0.6) is 0 Å². The lowest BCUT2D eigenvalue weighted by Crippen LogP contribution is -2.13. The molecule has 9 heavy (non-hydrogen) atoms. The minimum absolute atomic E-state index is 0.00174.